The lowest BCUT2D eigenvalue weighted by atomic mass is 10.1. The van der Waals surface area contributed by atoms with Crippen LogP contribution in [-0.2, 0) is 6.42 Å². The van der Waals surface area contributed by atoms with Crippen molar-refractivity contribution in [2.24, 2.45) is 0 Å². The number of aromatic nitrogens is 2. The first-order valence-electron chi connectivity index (χ1n) is 8.37. The van der Waals surface area contributed by atoms with Crippen molar-refractivity contribution >= 4 is 11.8 Å². The predicted molar refractivity (Wildman–Crippen MR) is 95.1 cm³/mol. The molecular weight excluding hydrogens is 305 g/mol. The van der Waals surface area contributed by atoms with E-state index in [2.05, 4.69) is 32.1 Å². The molecule has 1 aliphatic rings. The predicted octanol–water partition coefficient (Wildman–Crippen LogP) is 2.33. The molecule has 5 nitrogen and oxygen atoms in total. The fourth-order valence-electron chi connectivity index (χ4n) is 2.78. The number of anilines is 2. The van der Waals surface area contributed by atoms with E-state index in [0.717, 1.165) is 62.2 Å². The lowest BCUT2D eigenvalue weighted by molar-refractivity contribution is 0.311. The van der Waals surface area contributed by atoms with Gasteiger partial charge in [-0.25, -0.2) is 9.37 Å². The maximum atomic E-state index is 12.9. The van der Waals surface area contributed by atoms with Crippen molar-refractivity contribution in [3.05, 3.63) is 47.4 Å². The van der Waals surface area contributed by atoms with Crippen LogP contribution in [0.4, 0.5) is 16.2 Å². The SMILES string of the molecule is Cc1cc(NCCc2ccc(F)cc2)nc(N2CCN(C)CC2)n1. The molecule has 2 aromatic rings. The van der Waals surface area contributed by atoms with E-state index in [4.69, 9.17) is 0 Å². The molecule has 128 valence electrons. The molecule has 0 radical (unpaired) electrons. The van der Waals surface area contributed by atoms with Gasteiger partial charge >= 0.3 is 0 Å². The summed E-state index contributed by atoms with van der Waals surface area (Å²) in [4.78, 5) is 13.8. The van der Waals surface area contributed by atoms with Gasteiger partial charge in [0, 0.05) is 44.5 Å². The number of aryl methyl sites for hydroxylation is 1. The minimum atomic E-state index is -0.199. The van der Waals surface area contributed by atoms with Gasteiger partial charge in [0.2, 0.25) is 5.95 Å². The van der Waals surface area contributed by atoms with Crippen LogP contribution in [0.15, 0.2) is 30.3 Å². The summed E-state index contributed by atoms with van der Waals surface area (Å²) in [5.41, 5.74) is 2.07. The molecule has 1 saturated heterocycles. The van der Waals surface area contributed by atoms with Gasteiger partial charge in [-0.3, -0.25) is 0 Å². The van der Waals surface area contributed by atoms with Gasteiger partial charge in [-0.2, -0.15) is 4.98 Å². The van der Waals surface area contributed by atoms with Crippen molar-refractivity contribution in [2.45, 2.75) is 13.3 Å². The Morgan fingerprint density at radius 3 is 2.50 bits per heavy atom. The molecular formula is C18H24FN5. The quantitative estimate of drug-likeness (QED) is 0.912. The second-order valence-electron chi connectivity index (χ2n) is 6.29. The van der Waals surface area contributed by atoms with Crippen molar-refractivity contribution < 1.29 is 4.39 Å². The number of halogens is 1. The number of rotatable bonds is 5. The number of likely N-dealkylation sites (N-methyl/N-ethyl adjacent to an activating group) is 1. The Hall–Kier alpha value is -2.21. The van der Waals surface area contributed by atoms with Crippen molar-refractivity contribution in [1.82, 2.24) is 14.9 Å². The van der Waals surface area contributed by atoms with Gasteiger partial charge in [-0.15, -0.1) is 0 Å². The molecule has 0 atom stereocenters. The molecule has 2 heterocycles. The lowest BCUT2D eigenvalue weighted by Crippen LogP contribution is -2.45. The summed E-state index contributed by atoms with van der Waals surface area (Å²) in [6, 6.07) is 8.59. The number of piperazine rings is 1. The zero-order chi connectivity index (χ0) is 16.9. The third kappa shape index (κ3) is 4.41. The normalized spacial score (nSPS) is 15.5. The van der Waals surface area contributed by atoms with Gasteiger partial charge in [0.1, 0.15) is 11.6 Å². The highest BCUT2D eigenvalue weighted by Gasteiger charge is 2.17. The summed E-state index contributed by atoms with van der Waals surface area (Å²) in [6.45, 7) is 6.72. The molecule has 24 heavy (non-hydrogen) atoms. The maximum Gasteiger partial charge on any atom is 0.227 e. The lowest BCUT2D eigenvalue weighted by Gasteiger charge is -2.32. The van der Waals surface area contributed by atoms with E-state index in [9.17, 15) is 4.39 Å². The molecule has 1 N–H and O–H groups in total. The first-order valence-corrected chi connectivity index (χ1v) is 8.37. The van der Waals surface area contributed by atoms with E-state index in [0.29, 0.717) is 0 Å². The van der Waals surface area contributed by atoms with Crippen LogP contribution in [0, 0.1) is 12.7 Å². The fourth-order valence-corrected chi connectivity index (χ4v) is 2.78. The highest BCUT2D eigenvalue weighted by Crippen LogP contribution is 2.15. The minimum absolute atomic E-state index is 0.199. The standard InChI is InChI=1S/C18H24FN5/c1-14-13-17(20-8-7-15-3-5-16(19)6-4-15)22-18(21-14)24-11-9-23(2)10-12-24/h3-6,13H,7-12H2,1-2H3,(H,20,21,22). The molecule has 0 aliphatic carbocycles. The molecule has 1 aliphatic heterocycles. The third-order valence-electron chi connectivity index (χ3n) is 4.26. The second-order valence-corrected chi connectivity index (χ2v) is 6.29. The molecule has 0 saturated carbocycles. The molecule has 0 bridgehead atoms. The summed E-state index contributed by atoms with van der Waals surface area (Å²) in [6.07, 6.45) is 0.827. The van der Waals surface area contributed by atoms with E-state index in [1.54, 1.807) is 0 Å². The van der Waals surface area contributed by atoms with Crippen molar-refractivity contribution in [3.63, 3.8) is 0 Å². The van der Waals surface area contributed by atoms with Crippen LogP contribution >= 0.6 is 0 Å². The topological polar surface area (TPSA) is 44.3 Å². The molecule has 0 spiro atoms. The van der Waals surface area contributed by atoms with Crippen LogP contribution in [-0.4, -0.2) is 54.6 Å². The summed E-state index contributed by atoms with van der Waals surface area (Å²) < 4.78 is 12.9. The Morgan fingerprint density at radius 2 is 1.79 bits per heavy atom. The Bertz CT molecular complexity index is 666. The molecule has 1 aromatic heterocycles. The Kier molecular flexibility index (Phi) is 5.25. The smallest absolute Gasteiger partial charge is 0.227 e. The van der Waals surface area contributed by atoms with Crippen molar-refractivity contribution in [1.29, 1.82) is 0 Å². The van der Waals surface area contributed by atoms with Gasteiger partial charge in [0.05, 0.1) is 0 Å². The van der Waals surface area contributed by atoms with Gasteiger partial charge in [-0.1, -0.05) is 12.1 Å². The number of benzene rings is 1. The van der Waals surface area contributed by atoms with E-state index < -0.39 is 0 Å². The highest BCUT2D eigenvalue weighted by atomic mass is 19.1. The van der Waals surface area contributed by atoms with Crippen LogP contribution in [0.25, 0.3) is 0 Å². The van der Waals surface area contributed by atoms with Gasteiger partial charge in [-0.05, 0) is 38.1 Å². The first kappa shape index (κ1) is 16.6. The average molecular weight is 329 g/mol. The highest BCUT2D eigenvalue weighted by molar-refractivity contribution is 5.44. The Balaban J connectivity index is 1.60. The number of hydrogen-bond acceptors (Lipinski definition) is 5. The molecule has 6 heteroatoms. The van der Waals surface area contributed by atoms with Crippen LogP contribution in [0.5, 0.6) is 0 Å². The second kappa shape index (κ2) is 7.57. The van der Waals surface area contributed by atoms with E-state index in [1.165, 1.54) is 12.1 Å². The Morgan fingerprint density at radius 1 is 1.08 bits per heavy atom. The molecule has 0 unspecified atom stereocenters. The van der Waals surface area contributed by atoms with Gasteiger partial charge in [0.15, 0.2) is 0 Å². The van der Waals surface area contributed by atoms with Crippen molar-refractivity contribution in [2.75, 3.05) is 50.0 Å². The molecule has 1 fully saturated rings. The Labute approximate surface area is 142 Å². The maximum absolute atomic E-state index is 12.9. The zero-order valence-corrected chi connectivity index (χ0v) is 14.3. The fraction of sp³-hybridized carbons (Fsp3) is 0.444. The van der Waals surface area contributed by atoms with E-state index in [-0.39, 0.29) is 5.82 Å². The molecule has 0 amide bonds. The van der Waals surface area contributed by atoms with Gasteiger partial charge in [0.25, 0.3) is 0 Å². The van der Waals surface area contributed by atoms with Crippen molar-refractivity contribution in [3.8, 4) is 0 Å². The third-order valence-corrected chi connectivity index (χ3v) is 4.26. The number of nitrogens with one attached hydrogen (secondary N) is 1. The first-order chi connectivity index (χ1) is 11.6. The largest absolute Gasteiger partial charge is 0.370 e. The van der Waals surface area contributed by atoms with Gasteiger partial charge < -0.3 is 15.1 Å². The van der Waals surface area contributed by atoms with Crippen LogP contribution < -0.4 is 10.2 Å². The van der Waals surface area contributed by atoms with E-state index >= 15 is 0 Å². The van der Waals surface area contributed by atoms with Crippen LogP contribution in [0.1, 0.15) is 11.3 Å². The minimum Gasteiger partial charge on any atom is -0.370 e. The van der Waals surface area contributed by atoms with Crippen LogP contribution in [0.3, 0.4) is 0 Å². The molecule has 1 aromatic carbocycles. The van der Waals surface area contributed by atoms with E-state index in [1.807, 2.05) is 25.1 Å². The average Bonchev–Trinajstić information content (AvgIpc) is 2.57. The number of nitrogens with zero attached hydrogens (tertiary/aromatic N) is 4. The summed E-state index contributed by atoms with van der Waals surface area (Å²) in [5.74, 6) is 1.45. The summed E-state index contributed by atoms with van der Waals surface area (Å²) >= 11 is 0. The molecule has 3 rings (SSSR count). The summed E-state index contributed by atoms with van der Waals surface area (Å²) in [5, 5.41) is 3.35. The van der Waals surface area contributed by atoms with Crippen LogP contribution in [0.2, 0.25) is 0 Å². The monoisotopic (exact) mass is 329 g/mol. The number of hydrogen-bond donors (Lipinski definition) is 1. The zero-order valence-electron chi connectivity index (χ0n) is 14.3. The summed E-state index contributed by atoms with van der Waals surface area (Å²) in [7, 11) is 2.14.